The van der Waals surface area contributed by atoms with Crippen LogP contribution in [-0.4, -0.2) is 6.61 Å². The molecule has 0 saturated heterocycles. The molecule has 0 atom stereocenters. The molecule has 1 rings (SSSR count). The minimum Gasteiger partial charge on any atom is -0.493 e. The van der Waals surface area contributed by atoms with Crippen molar-refractivity contribution in [2.24, 2.45) is 0 Å². The van der Waals surface area contributed by atoms with Gasteiger partial charge in [-0.2, -0.15) is 0 Å². The highest BCUT2D eigenvalue weighted by molar-refractivity contribution is 5.31. The van der Waals surface area contributed by atoms with Gasteiger partial charge in [-0.1, -0.05) is 63.6 Å². The lowest BCUT2D eigenvalue weighted by Gasteiger charge is -2.08. The van der Waals surface area contributed by atoms with Crippen LogP contribution >= 0.6 is 0 Å². The molecular formula is C16H26O. The zero-order chi connectivity index (χ0) is 12.3. The predicted octanol–water partition coefficient (Wildman–Crippen LogP) is 5.12. The Labute approximate surface area is 106 Å². The molecule has 0 heterocycles. The first-order chi connectivity index (χ1) is 8.34. The Hall–Kier alpha value is -0.980. The first-order valence-corrected chi connectivity index (χ1v) is 7.03. The van der Waals surface area contributed by atoms with E-state index in [2.05, 4.69) is 32.0 Å². The molecule has 1 nitrogen and oxygen atoms in total. The second kappa shape index (κ2) is 9.09. The van der Waals surface area contributed by atoms with Crippen LogP contribution in [0.2, 0.25) is 0 Å². The van der Waals surface area contributed by atoms with Crippen LogP contribution in [0.4, 0.5) is 0 Å². The van der Waals surface area contributed by atoms with Gasteiger partial charge in [0.05, 0.1) is 6.61 Å². The molecule has 0 aliphatic carbocycles. The van der Waals surface area contributed by atoms with E-state index in [-0.39, 0.29) is 0 Å². The minimum absolute atomic E-state index is 0.860. The highest BCUT2D eigenvalue weighted by Crippen LogP contribution is 2.16. The van der Waals surface area contributed by atoms with E-state index in [1.807, 2.05) is 6.07 Å². The normalized spacial score (nSPS) is 10.5. The number of hydrogen-bond acceptors (Lipinski definition) is 1. The SMILES string of the molecule is CCCCCCCCCOc1ccccc1C. The van der Waals surface area contributed by atoms with Crippen molar-refractivity contribution in [3.63, 3.8) is 0 Å². The molecule has 0 amide bonds. The fourth-order valence-electron chi connectivity index (χ4n) is 1.96. The van der Waals surface area contributed by atoms with Crippen molar-refractivity contribution in [1.82, 2.24) is 0 Å². The van der Waals surface area contributed by atoms with Gasteiger partial charge in [-0.3, -0.25) is 0 Å². The Balaban J connectivity index is 1.99. The van der Waals surface area contributed by atoms with Crippen molar-refractivity contribution in [2.75, 3.05) is 6.61 Å². The molecule has 0 saturated carbocycles. The molecule has 0 radical (unpaired) electrons. The summed E-state index contributed by atoms with van der Waals surface area (Å²) in [6.45, 7) is 5.22. The summed E-state index contributed by atoms with van der Waals surface area (Å²) in [5.41, 5.74) is 1.23. The maximum absolute atomic E-state index is 5.76. The first kappa shape index (κ1) is 14.1. The third kappa shape index (κ3) is 6.35. The lowest BCUT2D eigenvalue weighted by molar-refractivity contribution is 0.302. The largest absolute Gasteiger partial charge is 0.493 e. The summed E-state index contributed by atoms with van der Waals surface area (Å²) in [7, 11) is 0. The predicted molar refractivity (Wildman–Crippen MR) is 74.7 cm³/mol. The van der Waals surface area contributed by atoms with E-state index in [9.17, 15) is 0 Å². The van der Waals surface area contributed by atoms with Crippen molar-refractivity contribution >= 4 is 0 Å². The molecule has 0 bridgehead atoms. The van der Waals surface area contributed by atoms with Gasteiger partial charge in [0, 0.05) is 0 Å². The zero-order valence-electron chi connectivity index (χ0n) is 11.4. The van der Waals surface area contributed by atoms with Crippen LogP contribution in [0.1, 0.15) is 57.4 Å². The molecule has 17 heavy (non-hydrogen) atoms. The van der Waals surface area contributed by atoms with Crippen LogP contribution in [0.25, 0.3) is 0 Å². The summed E-state index contributed by atoms with van der Waals surface area (Å²) in [5.74, 6) is 1.04. The van der Waals surface area contributed by atoms with Gasteiger partial charge in [-0.25, -0.2) is 0 Å². The molecule has 0 spiro atoms. The molecule has 0 aromatic heterocycles. The van der Waals surface area contributed by atoms with Crippen molar-refractivity contribution in [3.8, 4) is 5.75 Å². The van der Waals surface area contributed by atoms with E-state index < -0.39 is 0 Å². The van der Waals surface area contributed by atoms with Crippen molar-refractivity contribution in [2.45, 2.75) is 58.8 Å². The standard InChI is InChI=1S/C16H26O/c1-3-4-5-6-7-8-11-14-17-16-13-10-9-12-15(16)2/h9-10,12-13H,3-8,11,14H2,1-2H3. The molecule has 0 aliphatic rings. The Bertz CT molecular complexity index is 293. The van der Waals surface area contributed by atoms with Crippen molar-refractivity contribution < 1.29 is 4.74 Å². The minimum atomic E-state index is 0.860. The quantitative estimate of drug-likeness (QED) is 0.538. The third-order valence-electron chi connectivity index (χ3n) is 3.10. The summed E-state index contributed by atoms with van der Waals surface area (Å²) in [6.07, 6.45) is 9.34. The molecule has 1 heteroatoms. The molecule has 0 unspecified atom stereocenters. The molecular weight excluding hydrogens is 208 g/mol. The summed E-state index contributed by atoms with van der Waals surface area (Å²) >= 11 is 0. The van der Waals surface area contributed by atoms with Gasteiger partial charge in [-0.05, 0) is 25.0 Å². The molecule has 96 valence electrons. The van der Waals surface area contributed by atoms with Gasteiger partial charge < -0.3 is 4.74 Å². The number of aryl methyl sites for hydroxylation is 1. The van der Waals surface area contributed by atoms with E-state index in [0.717, 1.165) is 12.4 Å². The third-order valence-corrected chi connectivity index (χ3v) is 3.10. The number of benzene rings is 1. The summed E-state index contributed by atoms with van der Waals surface area (Å²) in [4.78, 5) is 0. The van der Waals surface area contributed by atoms with Gasteiger partial charge >= 0.3 is 0 Å². The van der Waals surface area contributed by atoms with Crippen LogP contribution in [0.3, 0.4) is 0 Å². The van der Waals surface area contributed by atoms with E-state index in [1.54, 1.807) is 0 Å². The Morgan fingerprint density at radius 3 is 2.24 bits per heavy atom. The lowest BCUT2D eigenvalue weighted by atomic mass is 10.1. The number of ether oxygens (including phenoxy) is 1. The van der Waals surface area contributed by atoms with Gasteiger partial charge in [-0.15, -0.1) is 0 Å². The fourth-order valence-corrected chi connectivity index (χ4v) is 1.96. The summed E-state index contributed by atoms with van der Waals surface area (Å²) in [5, 5.41) is 0. The zero-order valence-corrected chi connectivity index (χ0v) is 11.4. The highest BCUT2D eigenvalue weighted by Gasteiger charge is 1.97. The van der Waals surface area contributed by atoms with E-state index in [4.69, 9.17) is 4.74 Å². The number of para-hydroxylation sites is 1. The van der Waals surface area contributed by atoms with Crippen LogP contribution in [0.5, 0.6) is 5.75 Å². The monoisotopic (exact) mass is 234 g/mol. The van der Waals surface area contributed by atoms with Gasteiger partial charge in [0.1, 0.15) is 5.75 Å². The van der Waals surface area contributed by atoms with Crippen LogP contribution in [-0.2, 0) is 0 Å². The van der Waals surface area contributed by atoms with Crippen LogP contribution in [0.15, 0.2) is 24.3 Å². The lowest BCUT2D eigenvalue weighted by Crippen LogP contribution is -1.98. The van der Waals surface area contributed by atoms with E-state index >= 15 is 0 Å². The number of rotatable bonds is 9. The second-order valence-electron chi connectivity index (χ2n) is 4.74. The highest BCUT2D eigenvalue weighted by atomic mass is 16.5. The maximum Gasteiger partial charge on any atom is 0.122 e. The Morgan fingerprint density at radius 2 is 1.53 bits per heavy atom. The van der Waals surface area contributed by atoms with Gasteiger partial charge in [0.2, 0.25) is 0 Å². The summed E-state index contributed by atoms with van der Waals surface area (Å²) in [6, 6.07) is 8.24. The van der Waals surface area contributed by atoms with Gasteiger partial charge in [0.15, 0.2) is 0 Å². The van der Waals surface area contributed by atoms with Crippen molar-refractivity contribution in [1.29, 1.82) is 0 Å². The van der Waals surface area contributed by atoms with Crippen molar-refractivity contribution in [3.05, 3.63) is 29.8 Å². The molecule has 0 aliphatic heterocycles. The maximum atomic E-state index is 5.76. The Morgan fingerprint density at radius 1 is 0.882 bits per heavy atom. The summed E-state index contributed by atoms with van der Waals surface area (Å²) < 4.78 is 5.76. The molecule has 1 aromatic rings. The van der Waals surface area contributed by atoms with Crippen LogP contribution < -0.4 is 4.74 Å². The molecule has 0 N–H and O–H groups in total. The molecule has 1 aromatic carbocycles. The van der Waals surface area contributed by atoms with E-state index in [1.165, 1.54) is 50.5 Å². The van der Waals surface area contributed by atoms with Crippen LogP contribution in [0, 0.1) is 6.92 Å². The average Bonchev–Trinajstić information content (AvgIpc) is 2.35. The van der Waals surface area contributed by atoms with Gasteiger partial charge in [0.25, 0.3) is 0 Å². The number of hydrogen-bond donors (Lipinski definition) is 0. The topological polar surface area (TPSA) is 9.23 Å². The number of unbranched alkanes of at least 4 members (excludes halogenated alkanes) is 6. The Kier molecular flexibility index (Phi) is 7.53. The average molecular weight is 234 g/mol. The second-order valence-corrected chi connectivity index (χ2v) is 4.74. The smallest absolute Gasteiger partial charge is 0.122 e. The fraction of sp³-hybridized carbons (Fsp3) is 0.625. The molecule has 0 fully saturated rings. The van der Waals surface area contributed by atoms with E-state index in [0.29, 0.717) is 0 Å². The first-order valence-electron chi connectivity index (χ1n) is 7.03.